The van der Waals surface area contributed by atoms with Crippen molar-refractivity contribution in [1.82, 2.24) is 0 Å². The largest absolute Gasteiger partial charge is 0.490 e. The number of methoxy groups -OCH3 is 1. The van der Waals surface area contributed by atoms with Gasteiger partial charge in [0.05, 0.1) is 22.1 Å². The van der Waals surface area contributed by atoms with Crippen molar-refractivity contribution in [3.8, 4) is 11.5 Å². The maximum Gasteiger partial charge on any atom is 0.343 e. The van der Waals surface area contributed by atoms with Gasteiger partial charge in [0.15, 0.2) is 5.75 Å². The Hall–Kier alpha value is -2.48. The molecule has 0 aliphatic heterocycles. The molecule has 2 rings (SSSR count). The van der Waals surface area contributed by atoms with Gasteiger partial charge in [-0.15, -0.1) is 0 Å². The number of esters is 1. The van der Waals surface area contributed by atoms with Gasteiger partial charge in [-0.3, -0.25) is 10.1 Å². The van der Waals surface area contributed by atoms with Crippen molar-refractivity contribution in [3.63, 3.8) is 0 Å². The Bertz CT molecular complexity index is 750. The number of nitro groups is 1. The van der Waals surface area contributed by atoms with Crippen LogP contribution in [0, 0.1) is 15.9 Å². The second-order valence-corrected chi connectivity index (χ2v) is 4.96. The van der Waals surface area contributed by atoms with Crippen LogP contribution >= 0.6 is 15.9 Å². The molecule has 0 spiro atoms. The summed E-state index contributed by atoms with van der Waals surface area (Å²) in [6.07, 6.45) is 0. The molecule has 0 bridgehead atoms. The topological polar surface area (TPSA) is 78.7 Å². The quantitative estimate of drug-likeness (QED) is 0.355. The monoisotopic (exact) mass is 369 g/mol. The molecule has 2 aromatic carbocycles. The number of carbonyl (C=O) groups is 1. The van der Waals surface area contributed by atoms with E-state index >= 15 is 0 Å². The van der Waals surface area contributed by atoms with Crippen LogP contribution in [0.15, 0.2) is 40.9 Å². The average molecular weight is 370 g/mol. The van der Waals surface area contributed by atoms with E-state index in [0.29, 0.717) is 0 Å². The summed E-state index contributed by atoms with van der Waals surface area (Å²) in [5, 5.41) is 10.9. The van der Waals surface area contributed by atoms with E-state index in [9.17, 15) is 19.3 Å². The summed E-state index contributed by atoms with van der Waals surface area (Å²) in [6, 6.07) is 7.23. The molecule has 0 N–H and O–H groups in total. The van der Waals surface area contributed by atoms with Gasteiger partial charge in [0, 0.05) is 6.07 Å². The molecule has 114 valence electrons. The first-order chi connectivity index (χ1) is 10.4. The van der Waals surface area contributed by atoms with Gasteiger partial charge in [-0.2, -0.15) is 0 Å². The molecule has 0 amide bonds. The molecule has 0 saturated carbocycles. The van der Waals surface area contributed by atoms with Crippen LogP contribution in [0.5, 0.6) is 11.5 Å². The number of halogens is 2. The first-order valence-electron chi connectivity index (χ1n) is 5.92. The molecule has 0 saturated heterocycles. The maximum absolute atomic E-state index is 13.0. The molecule has 0 fully saturated rings. The maximum atomic E-state index is 13.0. The Morgan fingerprint density at radius 2 is 1.91 bits per heavy atom. The van der Waals surface area contributed by atoms with Crippen molar-refractivity contribution in [2.75, 3.05) is 7.11 Å². The number of hydrogen-bond donors (Lipinski definition) is 0. The van der Waals surface area contributed by atoms with Gasteiger partial charge in [-0.1, -0.05) is 0 Å². The lowest BCUT2D eigenvalue weighted by atomic mass is 10.2. The summed E-state index contributed by atoms with van der Waals surface area (Å²) in [4.78, 5) is 22.3. The molecular formula is C14H9BrFNO5. The lowest BCUT2D eigenvalue weighted by Crippen LogP contribution is -2.09. The fourth-order valence-corrected chi connectivity index (χ4v) is 2.11. The lowest BCUT2D eigenvalue weighted by molar-refractivity contribution is -0.385. The molecule has 0 aliphatic carbocycles. The standard InChI is InChI=1S/C14H9BrFNO5/c1-21-13-4-2-8(6-11(13)17(19)20)14(18)22-12-5-3-9(16)7-10(12)15/h2-7H,1H3. The highest BCUT2D eigenvalue weighted by Crippen LogP contribution is 2.29. The summed E-state index contributed by atoms with van der Waals surface area (Å²) in [6.45, 7) is 0. The number of carbonyl (C=O) groups excluding carboxylic acids is 1. The molecule has 0 atom stereocenters. The second kappa shape index (κ2) is 6.52. The molecule has 0 radical (unpaired) electrons. The van der Waals surface area contributed by atoms with E-state index in [-0.39, 0.29) is 27.2 Å². The van der Waals surface area contributed by atoms with Gasteiger partial charge in [-0.25, -0.2) is 9.18 Å². The second-order valence-electron chi connectivity index (χ2n) is 4.11. The van der Waals surface area contributed by atoms with Crippen LogP contribution in [0.4, 0.5) is 10.1 Å². The van der Waals surface area contributed by atoms with E-state index in [0.717, 1.165) is 18.2 Å². The van der Waals surface area contributed by atoms with Crippen LogP contribution in [0.3, 0.4) is 0 Å². The summed E-state index contributed by atoms with van der Waals surface area (Å²) < 4.78 is 23.2. The molecular weight excluding hydrogens is 361 g/mol. The van der Waals surface area contributed by atoms with Crippen LogP contribution in [-0.2, 0) is 0 Å². The molecule has 6 nitrogen and oxygen atoms in total. The van der Waals surface area contributed by atoms with Crippen LogP contribution < -0.4 is 9.47 Å². The summed E-state index contributed by atoms with van der Waals surface area (Å²) in [5.74, 6) is -1.17. The third kappa shape index (κ3) is 3.40. The first-order valence-corrected chi connectivity index (χ1v) is 6.71. The van der Waals surface area contributed by atoms with Crippen molar-refractivity contribution in [2.45, 2.75) is 0 Å². The van der Waals surface area contributed by atoms with Gasteiger partial charge in [0.25, 0.3) is 0 Å². The molecule has 0 aliphatic rings. The molecule has 0 aromatic heterocycles. The Balaban J connectivity index is 2.30. The molecule has 0 heterocycles. The minimum absolute atomic E-state index is 0.0243. The van der Waals surface area contributed by atoms with E-state index in [1.54, 1.807) is 0 Å². The molecule has 0 unspecified atom stereocenters. The normalized spacial score (nSPS) is 10.1. The predicted molar refractivity (Wildman–Crippen MR) is 78.7 cm³/mol. The van der Waals surface area contributed by atoms with Gasteiger partial charge in [0.1, 0.15) is 11.6 Å². The zero-order valence-electron chi connectivity index (χ0n) is 11.2. The van der Waals surface area contributed by atoms with E-state index < -0.39 is 16.7 Å². The number of benzene rings is 2. The lowest BCUT2D eigenvalue weighted by Gasteiger charge is -2.07. The van der Waals surface area contributed by atoms with Crippen molar-refractivity contribution in [1.29, 1.82) is 0 Å². The Morgan fingerprint density at radius 3 is 2.50 bits per heavy atom. The molecule has 8 heteroatoms. The third-order valence-electron chi connectivity index (χ3n) is 2.71. The summed E-state index contributed by atoms with van der Waals surface area (Å²) >= 11 is 3.06. The minimum Gasteiger partial charge on any atom is -0.490 e. The number of rotatable bonds is 4. The Morgan fingerprint density at radius 1 is 1.23 bits per heavy atom. The van der Waals surface area contributed by atoms with Gasteiger partial charge >= 0.3 is 11.7 Å². The van der Waals surface area contributed by atoms with E-state index in [1.165, 1.54) is 25.3 Å². The zero-order chi connectivity index (χ0) is 16.3. The number of ether oxygens (including phenoxy) is 2. The Kier molecular flexibility index (Phi) is 4.71. The zero-order valence-corrected chi connectivity index (χ0v) is 12.8. The fraction of sp³-hybridized carbons (Fsp3) is 0.0714. The highest BCUT2D eigenvalue weighted by Gasteiger charge is 2.19. The van der Waals surface area contributed by atoms with E-state index in [4.69, 9.17) is 9.47 Å². The smallest absolute Gasteiger partial charge is 0.343 e. The van der Waals surface area contributed by atoms with Crippen molar-refractivity contribution < 1.29 is 23.6 Å². The van der Waals surface area contributed by atoms with Crippen molar-refractivity contribution >= 4 is 27.6 Å². The van der Waals surface area contributed by atoms with Crippen LogP contribution in [0.1, 0.15) is 10.4 Å². The van der Waals surface area contributed by atoms with Crippen molar-refractivity contribution in [2.24, 2.45) is 0 Å². The third-order valence-corrected chi connectivity index (χ3v) is 3.33. The van der Waals surface area contributed by atoms with Gasteiger partial charge in [0.2, 0.25) is 0 Å². The molecule has 22 heavy (non-hydrogen) atoms. The number of nitrogens with zero attached hydrogens (tertiary/aromatic N) is 1. The summed E-state index contributed by atoms with van der Waals surface area (Å²) in [7, 11) is 1.29. The van der Waals surface area contributed by atoms with E-state index in [2.05, 4.69) is 15.9 Å². The van der Waals surface area contributed by atoms with Crippen LogP contribution in [-0.4, -0.2) is 18.0 Å². The number of hydrogen-bond acceptors (Lipinski definition) is 5. The highest BCUT2D eigenvalue weighted by atomic mass is 79.9. The van der Waals surface area contributed by atoms with Crippen LogP contribution in [0.2, 0.25) is 0 Å². The number of nitro benzene ring substituents is 1. The molecule has 2 aromatic rings. The summed E-state index contributed by atoms with van der Waals surface area (Å²) in [5.41, 5.74) is -0.376. The first kappa shape index (κ1) is 15.9. The highest BCUT2D eigenvalue weighted by molar-refractivity contribution is 9.10. The van der Waals surface area contributed by atoms with E-state index in [1.807, 2.05) is 0 Å². The van der Waals surface area contributed by atoms with Crippen LogP contribution in [0.25, 0.3) is 0 Å². The fourth-order valence-electron chi connectivity index (χ4n) is 1.68. The van der Waals surface area contributed by atoms with Crippen molar-refractivity contribution in [3.05, 3.63) is 62.4 Å². The average Bonchev–Trinajstić information content (AvgIpc) is 2.49. The minimum atomic E-state index is -0.807. The van der Waals surface area contributed by atoms with Gasteiger partial charge in [-0.05, 0) is 46.3 Å². The Labute approximate surface area is 132 Å². The predicted octanol–water partition coefficient (Wildman–Crippen LogP) is 3.72. The van der Waals surface area contributed by atoms with Gasteiger partial charge < -0.3 is 9.47 Å². The SMILES string of the molecule is COc1ccc(C(=O)Oc2ccc(F)cc2Br)cc1[N+](=O)[O-].